The van der Waals surface area contributed by atoms with E-state index in [1.165, 1.54) is 4.90 Å². The third-order valence-corrected chi connectivity index (χ3v) is 3.94. The van der Waals surface area contributed by atoms with Gasteiger partial charge in [0.2, 0.25) is 5.88 Å². The van der Waals surface area contributed by atoms with Crippen LogP contribution in [-0.2, 0) is 4.74 Å². The first kappa shape index (κ1) is 16.9. The Balaban J connectivity index is 1.71. The number of nitrogens with zero attached hydrogens (tertiary/aromatic N) is 2. The van der Waals surface area contributed by atoms with Gasteiger partial charge in [-0.3, -0.25) is 9.69 Å². The molecule has 0 radical (unpaired) electrons. The molecule has 1 aliphatic rings. The van der Waals surface area contributed by atoms with Gasteiger partial charge in [0.15, 0.2) is 0 Å². The van der Waals surface area contributed by atoms with Gasteiger partial charge in [-0.05, 0) is 12.1 Å². The summed E-state index contributed by atoms with van der Waals surface area (Å²) in [5, 5.41) is 9.22. The molecule has 0 aliphatic carbocycles. The first-order chi connectivity index (χ1) is 12.2. The van der Waals surface area contributed by atoms with Crippen LogP contribution in [0.25, 0.3) is 11.3 Å². The first-order valence-electron chi connectivity index (χ1n) is 7.90. The lowest BCUT2D eigenvalue weighted by Gasteiger charge is -2.32. The molecule has 1 unspecified atom stereocenters. The van der Waals surface area contributed by atoms with E-state index in [4.69, 9.17) is 9.47 Å². The van der Waals surface area contributed by atoms with E-state index in [1.54, 1.807) is 30.3 Å². The predicted molar refractivity (Wildman–Crippen MR) is 89.9 cm³/mol. The zero-order valence-electron chi connectivity index (χ0n) is 13.5. The number of aromatic nitrogens is 1. The zero-order chi connectivity index (χ0) is 17.6. The quantitative estimate of drug-likeness (QED) is 0.839. The van der Waals surface area contributed by atoms with Crippen LogP contribution in [0.2, 0.25) is 0 Å². The Kier molecular flexibility index (Phi) is 5.25. The number of amides is 1. The van der Waals surface area contributed by atoms with Gasteiger partial charge in [-0.15, -0.1) is 0 Å². The van der Waals surface area contributed by atoms with Crippen molar-refractivity contribution in [1.82, 2.24) is 9.88 Å². The highest BCUT2D eigenvalue weighted by molar-refractivity contribution is 5.78. The Morgan fingerprint density at radius 2 is 2.20 bits per heavy atom. The molecule has 3 rings (SSSR count). The molecule has 25 heavy (non-hydrogen) atoms. The zero-order valence-corrected chi connectivity index (χ0v) is 13.5. The molecule has 130 valence electrons. The van der Waals surface area contributed by atoms with E-state index in [1.807, 2.05) is 12.1 Å². The van der Waals surface area contributed by atoms with Crippen molar-refractivity contribution < 1.29 is 24.2 Å². The highest BCUT2D eigenvalue weighted by Gasteiger charge is 2.27. The molecule has 1 aromatic carbocycles. The lowest BCUT2D eigenvalue weighted by atomic mass is 10.1. The Morgan fingerprint density at radius 3 is 3.00 bits per heavy atom. The van der Waals surface area contributed by atoms with Crippen molar-refractivity contribution in [2.45, 2.75) is 6.04 Å². The second kappa shape index (κ2) is 7.76. The molecule has 0 saturated carbocycles. The fraction of sp³-hybridized carbons (Fsp3) is 0.278. The maximum absolute atomic E-state index is 11.2. The van der Waals surface area contributed by atoms with Gasteiger partial charge >= 0.3 is 6.09 Å². The predicted octanol–water partition coefficient (Wildman–Crippen LogP) is 2.32. The molecule has 0 spiro atoms. The maximum atomic E-state index is 11.2. The third kappa shape index (κ3) is 4.13. The number of hydrogen-bond donors (Lipinski definition) is 1. The summed E-state index contributed by atoms with van der Waals surface area (Å²) in [6.07, 6.45) is -0.197. The Morgan fingerprint density at radius 1 is 1.36 bits per heavy atom. The molecule has 1 aromatic heterocycles. The number of pyridine rings is 1. The molecule has 1 N–H and O–H groups in total. The average Bonchev–Trinajstić information content (AvgIpc) is 2.67. The van der Waals surface area contributed by atoms with Crippen molar-refractivity contribution in [3.63, 3.8) is 0 Å². The van der Waals surface area contributed by atoms with Gasteiger partial charge in [0.1, 0.15) is 12.9 Å². The van der Waals surface area contributed by atoms with Crippen LogP contribution in [0.5, 0.6) is 5.88 Å². The molecule has 7 nitrogen and oxygen atoms in total. The maximum Gasteiger partial charge on any atom is 0.407 e. The molecule has 2 aromatic rings. The number of rotatable bonds is 5. The van der Waals surface area contributed by atoms with E-state index < -0.39 is 6.09 Å². The second-order valence-corrected chi connectivity index (χ2v) is 5.62. The minimum absolute atomic E-state index is 0.164. The van der Waals surface area contributed by atoms with Gasteiger partial charge in [0, 0.05) is 23.7 Å². The summed E-state index contributed by atoms with van der Waals surface area (Å²) >= 11 is 0. The number of aldehydes is 1. The van der Waals surface area contributed by atoms with Crippen LogP contribution in [0.3, 0.4) is 0 Å². The molecular formula is C18H18N2O5. The SMILES string of the molecule is O=Cc1cccc(-c2cccc(OCC3COCCN3C(=O)O)n2)c1. The van der Waals surface area contributed by atoms with E-state index in [0.29, 0.717) is 36.9 Å². The number of hydrogen-bond acceptors (Lipinski definition) is 5. The first-order valence-corrected chi connectivity index (χ1v) is 7.90. The molecule has 7 heteroatoms. The fourth-order valence-electron chi connectivity index (χ4n) is 2.65. The monoisotopic (exact) mass is 342 g/mol. The van der Waals surface area contributed by atoms with Crippen molar-refractivity contribution >= 4 is 12.4 Å². The van der Waals surface area contributed by atoms with Crippen molar-refractivity contribution in [2.75, 3.05) is 26.4 Å². The smallest absolute Gasteiger partial charge is 0.407 e. The van der Waals surface area contributed by atoms with Gasteiger partial charge in [-0.1, -0.05) is 24.3 Å². The number of ether oxygens (including phenoxy) is 2. The van der Waals surface area contributed by atoms with Crippen LogP contribution in [0, 0.1) is 0 Å². The van der Waals surface area contributed by atoms with Crippen LogP contribution < -0.4 is 4.74 Å². The van der Waals surface area contributed by atoms with Gasteiger partial charge < -0.3 is 14.6 Å². The second-order valence-electron chi connectivity index (χ2n) is 5.62. The molecule has 1 aliphatic heterocycles. The lowest BCUT2D eigenvalue weighted by molar-refractivity contribution is -0.0153. The van der Waals surface area contributed by atoms with Crippen molar-refractivity contribution in [3.05, 3.63) is 48.0 Å². The normalized spacial score (nSPS) is 17.1. The van der Waals surface area contributed by atoms with E-state index in [0.717, 1.165) is 11.8 Å². The fourth-order valence-corrected chi connectivity index (χ4v) is 2.65. The Hall–Kier alpha value is -2.93. The molecule has 0 bridgehead atoms. The summed E-state index contributed by atoms with van der Waals surface area (Å²) in [6.45, 7) is 1.18. The Labute approximate surface area is 144 Å². The summed E-state index contributed by atoms with van der Waals surface area (Å²) in [5.74, 6) is 0.393. The van der Waals surface area contributed by atoms with Gasteiger partial charge in [-0.2, -0.15) is 0 Å². The van der Waals surface area contributed by atoms with Crippen molar-refractivity contribution in [2.24, 2.45) is 0 Å². The van der Waals surface area contributed by atoms with Crippen molar-refractivity contribution in [1.29, 1.82) is 0 Å². The van der Waals surface area contributed by atoms with E-state index in [2.05, 4.69) is 4.98 Å². The number of morpholine rings is 1. The van der Waals surface area contributed by atoms with E-state index in [-0.39, 0.29) is 12.6 Å². The average molecular weight is 342 g/mol. The minimum atomic E-state index is -0.982. The summed E-state index contributed by atoms with van der Waals surface area (Å²) in [6, 6.07) is 12.1. The molecule has 1 fully saturated rings. The minimum Gasteiger partial charge on any atom is -0.475 e. The highest BCUT2D eigenvalue weighted by Crippen LogP contribution is 2.21. The van der Waals surface area contributed by atoms with Crippen LogP contribution in [0.4, 0.5) is 4.79 Å². The molecule has 2 heterocycles. The third-order valence-electron chi connectivity index (χ3n) is 3.94. The number of carbonyl (C=O) groups is 2. The number of carbonyl (C=O) groups excluding carboxylic acids is 1. The van der Waals surface area contributed by atoms with Crippen LogP contribution >= 0.6 is 0 Å². The number of carboxylic acid groups (broad SMARTS) is 1. The van der Waals surface area contributed by atoms with Gasteiger partial charge in [0.25, 0.3) is 0 Å². The molecule has 1 atom stereocenters. The van der Waals surface area contributed by atoms with Crippen LogP contribution in [0.15, 0.2) is 42.5 Å². The summed E-state index contributed by atoms with van der Waals surface area (Å²) in [4.78, 5) is 27.9. The van der Waals surface area contributed by atoms with E-state index >= 15 is 0 Å². The van der Waals surface area contributed by atoms with Crippen LogP contribution in [-0.4, -0.2) is 59.8 Å². The standard InChI is InChI=1S/C18H18N2O5/c21-10-13-3-1-4-14(9-13)16-5-2-6-17(19-16)25-12-15-11-24-8-7-20(15)18(22)23/h1-6,9-10,15H,7-8,11-12H2,(H,22,23). The summed E-state index contributed by atoms with van der Waals surface area (Å²) in [7, 11) is 0. The summed E-state index contributed by atoms with van der Waals surface area (Å²) < 4.78 is 11.0. The van der Waals surface area contributed by atoms with Gasteiger partial charge in [-0.25, -0.2) is 9.78 Å². The highest BCUT2D eigenvalue weighted by atomic mass is 16.5. The largest absolute Gasteiger partial charge is 0.475 e. The van der Waals surface area contributed by atoms with Crippen molar-refractivity contribution in [3.8, 4) is 17.1 Å². The number of benzene rings is 1. The molecular weight excluding hydrogens is 324 g/mol. The summed E-state index contributed by atoms with van der Waals surface area (Å²) in [5.41, 5.74) is 2.06. The van der Waals surface area contributed by atoms with Crippen LogP contribution in [0.1, 0.15) is 10.4 Å². The molecule has 1 amide bonds. The topological polar surface area (TPSA) is 89.0 Å². The Bertz CT molecular complexity index is 765. The lowest BCUT2D eigenvalue weighted by Crippen LogP contribution is -2.50. The van der Waals surface area contributed by atoms with Gasteiger partial charge in [0.05, 0.1) is 24.9 Å². The molecule has 1 saturated heterocycles. The van der Waals surface area contributed by atoms with E-state index in [9.17, 15) is 14.7 Å².